The van der Waals surface area contributed by atoms with Gasteiger partial charge in [0.15, 0.2) is 5.75 Å². The third-order valence-corrected chi connectivity index (χ3v) is 1.49. The lowest BCUT2D eigenvalue weighted by Gasteiger charge is -2.17. The largest absolute Gasteiger partial charge is 0.478 e. The zero-order chi connectivity index (χ0) is 11.5. The third-order valence-electron chi connectivity index (χ3n) is 1.49. The van der Waals surface area contributed by atoms with Gasteiger partial charge in [0.2, 0.25) is 0 Å². The lowest BCUT2D eigenvalue weighted by Crippen LogP contribution is -2.21. The summed E-state index contributed by atoms with van der Waals surface area (Å²) in [5.41, 5.74) is -0.177. The maximum atomic E-state index is 10.6. The molecule has 0 radical (unpaired) electrons. The van der Waals surface area contributed by atoms with Crippen molar-refractivity contribution >= 4 is 5.97 Å². The number of carbonyl (C=O) groups is 1. The Kier molecular flexibility index (Phi) is 3.31. The summed E-state index contributed by atoms with van der Waals surface area (Å²) in [6.45, 7) is 5.58. The van der Waals surface area contributed by atoms with Crippen molar-refractivity contribution in [3.05, 3.63) is 29.8 Å². The van der Waals surface area contributed by atoms with Crippen LogP contribution in [0.1, 0.15) is 31.1 Å². The Balaban J connectivity index is 2.61. The number of carboxylic acids is 1. The van der Waals surface area contributed by atoms with Gasteiger partial charge in [0.25, 0.3) is 0 Å². The summed E-state index contributed by atoms with van der Waals surface area (Å²) in [6, 6.07) is 6.03. The fourth-order valence-electron chi connectivity index (χ4n) is 0.826. The summed E-state index contributed by atoms with van der Waals surface area (Å²) < 4.78 is 0. The molecule has 15 heavy (non-hydrogen) atoms. The van der Waals surface area contributed by atoms with Crippen LogP contribution in [0.2, 0.25) is 0 Å². The van der Waals surface area contributed by atoms with E-state index in [0.29, 0.717) is 5.75 Å². The van der Waals surface area contributed by atoms with Crippen LogP contribution < -0.4 is 4.89 Å². The van der Waals surface area contributed by atoms with Crippen LogP contribution in [0.25, 0.3) is 0 Å². The lowest BCUT2D eigenvalue weighted by molar-refractivity contribution is -0.274. The van der Waals surface area contributed by atoms with E-state index in [-0.39, 0.29) is 5.56 Å². The summed E-state index contributed by atoms with van der Waals surface area (Å²) in [5.74, 6) is -0.479. The van der Waals surface area contributed by atoms with Crippen molar-refractivity contribution in [3.8, 4) is 5.75 Å². The minimum absolute atomic E-state index is 0.220. The first-order valence-corrected chi connectivity index (χ1v) is 4.57. The highest BCUT2D eigenvalue weighted by Gasteiger charge is 2.12. The van der Waals surface area contributed by atoms with E-state index in [0.717, 1.165) is 0 Å². The van der Waals surface area contributed by atoms with Gasteiger partial charge >= 0.3 is 5.97 Å². The first kappa shape index (κ1) is 11.5. The van der Waals surface area contributed by atoms with E-state index in [1.807, 2.05) is 20.8 Å². The molecule has 0 aliphatic carbocycles. The topological polar surface area (TPSA) is 55.8 Å². The molecule has 1 N–H and O–H groups in total. The minimum atomic E-state index is -0.960. The van der Waals surface area contributed by atoms with E-state index in [2.05, 4.69) is 0 Å². The molecule has 4 heteroatoms. The van der Waals surface area contributed by atoms with Crippen LogP contribution in [0.3, 0.4) is 0 Å². The molecular formula is C11H14O4. The molecule has 0 aliphatic heterocycles. The van der Waals surface area contributed by atoms with Crippen LogP contribution in [-0.4, -0.2) is 16.7 Å². The van der Waals surface area contributed by atoms with Crippen molar-refractivity contribution in [3.63, 3.8) is 0 Å². The molecular weight excluding hydrogens is 196 g/mol. The van der Waals surface area contributed by atoms with Gasteiger partial charge in [-0.15, -0.1) is 0 Å². The Morgan fingerprint density at radius 2 is 1.73 bits per heavy atom. The fourth-order valence-corrected chi connectivity index (χ4v) is 0.826. The second-order valence-corrected chi connectivity index (χ2v) is 4.11. The van der Waals surface area contributed by atoms with Gasteiger partial charge in [0.1, 0.15) is 5.60 Å². The highest BCUT2D eigenvalue weighted by Crippen LogP contribution is 2.16. The molecule has 0 aromatic heterocycles. The molecule has 0 amide bonds. The predicted molar refractivity (Wildman–Crippen MR) is 54.9 cm³/mol. The zero-order valence-corrected chi connectivity index (χ0v) is 8.98. The minimum Gasteiger partial charge on any atom is -0.478 e. The fraction of sp³-hybridized carbons (Fsp3) is 0.364. The smallest absolute Gasteiger partial charge is 0.335 e. The van der Waals surface area contributed by atoms with Gasteiger partial charge in [-0.05, 0) is 45.0 Å². The molecule has 1 rings (SSSR count). The van der Waals surface area contributed by atoms with Crippen molar-refractivity contribution < 1.29 is 19.7 Å². The number of hydrogen-bond acceptors (Lipinski definition) is 3. The second kappa shape index (κ2) is 4.31. The first-order chi connectivity index (χ1) is 6.88. The predicted octanol–water partition coefficient (Wildman–Crippen LogP) is 2.49. The third kappa shape index (κ3) is 3.99. The van der Waals surface area contributed by atoms with Gasteiger partial charge in [0, 0.05) is 0 Å². The number of rotatable bonds is 3. The molecule has 0 heterocycles. The average Bonchev–Trinajstić information content (AvgIpc) is 2.14. The molecule has 0 fully saturated rings. The van der Waals surface area contributed by atoms with E-state index in [1.165, 1.54) is 12.1 Å². The van der Waals surface area contributed by atoms with Crippen molar-refractivity contribution in [1.82, 2.24) is 0 Å². The van der Waals surface area contributed by atoms with Crippen molar-refractivity contribution in [2.24, 2.45) is 0 Å². The van der Waals surface area contributed by atoms with E-state index in [9.17, 15) is 4.79 Å². The van der Waals surface area contributed by atoms with Crippen LogP contribution in [0.15, 0.2) is 24.3 Å². The van der Waals surface area contributed by atoms with Crippen molar-refractivity contribution in [2.75, 3.05) is 0 Å². The molecule has 1 aromatic carbocycles. The van der Waals surface area contributed by atoms with Gasteiger partial charge in [-0.3, -0.25) is 0 Å². The molecule has 4 nitrogen and oxygen atoms in total. The van der Waals surface area contributed by atoms with Crippen LogP contribution in [-0.2, 0) is 4.89 Å². The van der Waals surface area contributed by atoms with Crippen molar-refractivity contribution in [1.29, 1.82) is 0 Å². The Morgan fingerprint density at radius 3 is 2.13 bits per heavy atom. The van der Waals surface area contributed by atoms with Gasteiger partial charge in [-0.25, -0.2) is 4.79 Å². The maximum absolute atomic E-state index is 10.6. The Labute approximate surface area is 88.4 Å². The molecule has 0 bridgehead atoms. The molecule has 0 aliphatic rings. The normalized spacial score (nSPS) is 11.1. The summed E-state index contributed by atoms with van der Waals surface area (Å²) in [6.07, 6.45) is 0. The number of hydrogen-bond donors (Lipinski definition) is 1. The Morgan fingerprint density at radius 1 is 1.20 bits per heavy atom. The van der Waals surface area contributed by atoms with E-state index >= 15 is 0 Å². The lowest BCUT2D eigenvalue weighted by atomic mass is 10.2. The number of aromatic carboxylic acids is 1. The number of benzene rings is 1. The van der Waals surface area contributed by atoms with E-state index < -0.39 is 11.6 Å². The Hall–Kier alpha value is -1.55. The standard InChI is InChI=1S/C11H14O4/c1-11(2,3)15-14-9-6-4-8(5-7-9)10(12)13/h4-7H,1-3H3,(H,12,13). The van der Waals surface area contributed by atoms with Gasteiger partial charge in [-0.1, -0.05) is 0 Å². The molecule has 0 spiro atoms. The van der Waals surface area contributed by atoms with E-state index in [4.69, 9.17) is 14.9 Å². The first-order valence-electron chi connectivity index (χ1n) is 4.57. The quantitative estimate of drug-likeness (QED) is 0.615. The highest BCUT2D eigenvalue weighted by molar-refractivity contribution is 5.87. The highest BCUT2D eigenvalue weighted by atomic mass is 17.2. The molecule has 0 unspecified atom stereocenters. The molecule has 82 valence electrons. The molecule has 0 saturated carbocycles. The molecule has 0 saturated heterocycles. The summed E-state index contributed by atoms with van der Waals surface area (Å²) in [4.78, 5) is 20.6. The summed E-state index contributed by atoms with van der Waals surface area (Å²) in [7, 11) is 0. The SMILES string of the molecule is CC(C)(C)OOc1ccc(C(=O)O)cc1. The summed E-state index contributed by atoms with van der Waals surface area (Å²) in [5, 5.41) is 8.66. The summed E-state index contributed by atoms with van der Waals surface area (Å²) >= 11 is 0. The average molecular weight is 210 g/mol. The van der Waals surface area contributed by atoms with Crippen LogP contribution in [0.5, 0.6) is 5.75 Å². The monoisotopic (exact) mass is 210 g/mol. The van der Waals surface area contributed by atoms with Gasteiger partial charge in [0.05, 0.1) is 5.56 Å². The van der Waals surface area contributed by atoms with Crippen molar-refractivity contribution in [2.45, 2.75) is 26.4 Å². The maximum Gasteiger partial charge on any atom is 0.335 e. The molecule has 1 aromatic rings. The van der Waals surface area contributed by atoms with Crippen LogP contribution in [0, 0.1) is 0 Å². The van der Waals surface area contributed by atoms with E-state index in [1.54, 1.807) is 12.1 Å². The van der Waals surface area contributed by atoms with Crippen LogP contribution >= 0.6 is 0 Å². The second-order valence-electron chi connectivity index (χ2n) is 4.11. The van der Waals surface area contributed by atoms with Gasteiger partial charge in [-0.2, -0.15) is 4.89 Å². The molecule has 0 atom stereocenters. The number of carboxylic acid groups (broad SMARTS) is 1. The van der Waals surface area contributed by atoms with Crippen LogP contribution in [0.4, 0.5) is 0 Å². The zero-order valence-electron chi connectivity index (χ0n) is 8.98. The Bertz CT molecular complexity index is 335. The van der Waals surface area contributed by atoms with Gasteiger partial charge < -0.3 is 9.99 Å².